The summed E-state index contributed by atoms with van der Waals surface area (Å²) < 4.78 is 26.5. The Hall–Kier alpha value is -2.46. The summed E-state index contributed by atoms with van der Waals surface area (Å²) in [5.41, 5.74) is 0.359. The van der Waals surface area contributed by atoms with Crippen LogP contribution < -0.4 is 0 Å². The van der Waals surface area contributed by atoms with Gasteiger partial charge in [-0.3, -0.25) is 19.3 Å². The number of hydrogen-bond donors (Lipinski definition) is 0. The van der Waals surface area contributed by atoms with Crippen molar-refractivity contribution >= 4 is 27.7 Å². The number of rotatable bonds is 4. The van der Waals surface area contributed by atoms with Crippen molar-refractivity contribution in [3.05, 3.63) is 29.3 Å². The number of piperidine rings is 1. The maximum absolute atomic E-state index is 13.1. The molecule has 3 aliphatic rings. The highest BCUT2D eigenvalue weighted by Gasteiger charge is 2.43. The van der Waals surface area contributed by atoms with Crippen molar-refractivity contribution in [1.82, 2.24) is 19.0 Å². The van der Waals surface area contributed by atoms with E-state index >= 15 is 0 Å². The summed E-state index contributed by atoms with van der Waals surface area (Å²) in [7, 11) is -3.96. The van der Waals surface area contributed by atoms with Crippen molar-refractivity contribution < 1.29 is 22.8 Å². The minimum Gasteiger partial charge on any atom is -0.339 e. The van der Waals surface area contributed by atoms with Gasteiger partial charge in [-0.1, -0.05) is 0 Å². The van der Waals surface area contributed by atoms with Crippen molar-refractivity contribution in [2.45, 2.75) is 57.0 Å². The second-order valence-electron chi connectivity index (χ2n) is 9.41. The van der Waals surface area contributed by atoms with Crippen LogP contribution in [0.5, 0.6) is 0 Å². The number of piperazine rings is 1. The molecule has 1 aromatic carbocycles. The van der Waals surface area contributed by atoms with Gasteiger partial charge >= 0.3 is 0 Å². The number of carbonyl (C=O) groups excluding carboxylic acids is 3. The van der Waals surface area contributed by atoms with Crippen molar-refractivity contribution in [2.24, 2.45) is 0 Å². The first-order valence-corrected chi connectivity index (χ1v) is 13.1. The molecule has 1 aromatic rings. The normalized spacial score (nSPS) is 23.2. The zero-order valence-corrected chi connectivity index (χ0v) is 20.3. The van der Waals surface area contributed by atoms with Crippen molar-refractivity contribution in [3.63, 3.8) is 0 Å². The number of benzene rings is 1. The lowest BCUT2D eigenvalue weighted by molar-refractivity contribution is -0.136. The molecular formula is C23H32N4O5S. The van der Waals surface area contributed by atoms with E-state index in [1.807, 2.05) is 4.90 Å². The van der Waals surface area contributed by atoms with E-state index in [4.69, 9.17) is 0 Å². The third-order valence-corrected chi connectivity index (χ3v) is 8.81. The van der Waals surface area contributed by atoms with E-state index in [0.717, 1.165) is 23.7 Å². The standard InChI is InChI=1S/C23H32N4O5S/c1-16(2)27-23(30)19-8-7-18(14-20(19)33(27,31)32)22(29)25-12-10-24(11-13-25)15-21(28)26-9-5-4-6-17(26)3/h7-8,14,16-17H,4-6,9-13,15H2,1-3H3. The first kappa shape index (κ1) is 23.7. The second-order valence-corrected chi connectivity index (χ2v) is 11.2. The van der Waals surface area contributed by atoms with Crippen LogP contribution in [0.25, 0.3) is 0 Å². The number of likely N-dealkylation sites (tertiary alicyclic amines) is 1. The SMILES string of the molecule is CC1CCCCN1C(=O)CN1CCN(C(=O)c2ccc3c(c2)S(=O)(=O)N(C(C)C)C3=O)CC1. The average molecular weight is 477 g/mol. The molecule has 1 atom stereocenters. The van der Waals surface area contributed by atoms with Gasteiger partial charge in [0.25, 0.3) is 21.8 Å². The first-order chi connectivity index (χ1) is 15.6. The maximum atomic E-state index is 13.1. The molecule has 0 radical (unpaired) electrons. The van der Waals surface area contributed by atoms with E-state index in [2.05, 4.69) is 11.8 Å². The lowest BCUT2D eigenvalue weighted by Gasteiger charge is -2.38. The van der Waals surface area contributed by atoms with Gasteiger partial charge in [0.15, 0.2) is 0 Å². The first-order valence-electron chi connectivity index (χ1n) is 11.6. The molecule has 180 valence electrons. The fourth-order valence-corrected chi connectivity index (χ4v) is 6.73. The minimum atomic E-state index is -3.96. The molecule has 10 heteroatoms. The number of fused-ring (bicyclic) bond motifs is 1. The predicted molar refractivity (Wildman–Crippen MR) is 122 cm³/mol. The number of hydrogen-bond acceptors (Lipinski definition) is 6. The molecule has 0 bridgehead atoms. The Bertz CT molecular complexity index is 1060. The molecule has 4 rings (SSSR count). The number of carbonyl (C=O) groups is 3. The molecule has 1 unspecified atom stereocenters. The largest absolute Gasteiger partial charge is 0.339 e. The Morgan fingerprint density at radius 1 is 1.06 bits per heavy atom. The van der Waals surface area contributed by atoms with Crippen molar-refractivity contribution in [2.75, 3.05) is 39.3 Å². The number of sulfonamides is 1. The van der Waals surface area contributed by atoms with Crippen LogP contribution >= 0.6 is 0 Å². The molecule has 0 saturated carbocycles. The van der Waals surface area contributed by atoms with Crippen LogP contribution in [0.2, 0.25) is 0 Å². The quantitative estimate of drug-likeness (QED) is 0.652. The zero-order valence-electron chi connectivity index (χ0n) is 19.5. The van der Waals surface area contributed by atoms with Gasteiger partial charge in [-0.25, -0.2) is 12.7 Å². The van der Waals surface area contributed by atoms with Crippen LogP contribution in [0.15, 0.2) is 23.1 Å². The molecule has 33 heavy (non-hydrogen) atoms. The predicted octanol–water partition coefficient (Wildman–Crippen LogP) is 1.40. The van der Waals surface area contributed by atoms with E-state index in [0.29, 0.717) is 32.7 Å². The maximum Gasteiger partial charge on any atom is 0.269 e. The summed E-state index contributed by atoms with van der Waals surface area (Å²) >= 11 is 0. The van der Waals surface area contributed by atoms with Gasteiger partial charge in [0.05, 0.1) is 12.1 Å². The van der Waals surface area contributed by atoms with Crippen LogP contribution in [0.3, 0.4) is 0 Å². The molecule has 0 N–H and O–H groups in total. The van der Waals surface area contributed by atoms with Crippen LogP contribution in [-0.4, -0.2) is 96.5 Å². The zero-order chi connectivity index (χ0) is 23.9. The summed E-state index contributed by atoms with van der Waals surface area (Å²) in [5.74, 6) is -0.676. The molecule has 2 saturated heterocycles. The molecule has 3 aliphatic heterocycles. The van der Waals surface area contributed by atoms with E-state index in [-0.39, 0.29) is 33.9 Å². The summed E-state index contributed by atoms with van der Waals surface area (Å²) in [5, 5.41) is 0. The lowest BCUT2D eigenvalue weighted by atomic mass is 10.0. The van der Waals surface area contributed by atoms with E-state index in [1.165, 1.54) is 24.6 Å². The van der Waals surface area contributed by atoms with Crippen LogP contribution in [0.4, 0.5) is 0 Å². The van der Waals surface area contributed by atoms with Gasteiger partial charge in [-0.05, 0) is 58.2 Å². The monoisotopic (exact) mass is 476 g/mol. The Morgan fingerprint density at radius 3 is 2.39 bits per heavy atom. The van der Waals surface area contributed by atoms with Gasteiger partial charge in [-0.2, -0.15) is 0 Å². The Morgan fingerprint density at radius 2 is 1.76 bits per heavy atom. The van der Waals surface area contributed by atoms with E-state index < -0.39 is 22.0 Å². The summed E-state index contributed by atoms with van der Waals surface area (Å²) in [6, 6.07) is 4.05. The van der Waals surface area contributed by atoms with Crippen LogP contribution in [0.1, 0.15) is 60.7 Å². The van der Waals surface area contributed by atoms with Crippen molar-refractivity contribution in [1.29, 1.82) is 0 Å². The molecule has 0 aliphatic carbocycles. The van der Waals surface area contributed by atoms with E-state index in [1.54, 1.807) is 18.7 Å². The minimum absolute atomic E-state index is 0.105. The fourth-order valence-electron chi connectivity index (χ4n) is 4.93. The molecular weight excluding hydrogens is 444 g/mol. The molecule has 3 heterocycles. The lowest BCUT2D eigenvalue weighted by Crippen LogP contribution is -2.53. The Labute approximate surface area is 195 Å². The third kappa shape index (κ3) is 4.38. The molecule has 9 nitrogen and oxygen atoms in total. The van der Waals surface area contributed by atoms with Gasteiger partial charge in [-0.15, -0.1) is 0 Å². The average Bonchev–Trinajstić information content (AvgIpc) is 2.98. The second kappa shape index (κ2) is 9.06. The Kier molecular flexibility index (Phi) is 6.50. The van der Waals surface area contributed by atoms with Crippen molar-refractivity contribution in [3.8, 4) is 0 Å². The molecule has 2 fully saturated rings. The highest BCUT2D eigenvalue weighted by atomic mass is 32.2. The highest BCUT2D eigenvalue weighted by Crippen LogP contribution is 2.33. The number of amides is 3. The highest BCUT2D eigenvalue weighted by molar-refractivity contribution is 7.90. The van der Waals surface area contributed by atoms with Gasteiger partial charge in [0.2, 0.25) is 5.91 Å². The van der Waals surface area contributed by atoms with Gasteiger partial charge in [0, 0.05) is 50.4 Å². The fraction of sp³-hybridized carbons (Fsp3) is 0.609. The summed E-state index contributed by atoms with van der Waals surface area (Å²) in [6.45, 7) is 8.65. The summed E-state index contributed by atoms with van der Waals surface area (Å²) in [4.78, 5) is 43.9. The molecule has 0 aromatic heterocycles. The van der Waals surface area contributed by atoms with Crippen LogP contribution in [0, 0.1) is 0 Å². The molecule has 0 spiro atoms. The van der Waals surface area contributed by atoms with Gasteiger partial charge in [0.1, 0.15) is 4.90 Å². The van der Waals surface area contributed by atoms with Crippen LogP contribution in [-0.2, 0) is 14.8 Å². The van der Waals surface area contributed by atoms with Gasteiger partial charge < -0.3 is 9.80 Å². The molecule has 3 amide bonds. The van der Waals surface area contributed by atoms with E-state index in [9.17, 15) is 22.8 Å². The Balaban J connectivity index is 1.40. The summed E-state index contributed by atoms with van der Waals surface area (Å²) in [6.07, 6.45) is 3.26. The third-order valence-electron chi connectivity index (χ3n) is 6.81. The topological polar surface area (TPSA) is 98.3 Å². The smallest absolute Gasteiger partial charge is 0.269 e. The number of nitrogens with zero attached hydrogens (tertiary/aromatic N) is 4.